The fourth-order valence-electron chi connectivity index (χ4n) is 5.36. The number of alkyl halides is 3. The summed E-state index contributed by atoms with van der Waals surface area (Å²) >= 11 is 0. The van der Waals surface area contributed by atoms with Gasteiger partial charge in [-0.2, -0.15) is 19.1 Å². The van der Waals surface area contributed by atoms with E-state index < -0.39 is 37.8 Å². The minimum Gasteiger partial charge on any atom is -0.338 e. The molecule has 5 rings (SSSR count). The molecule has 37 heavy (non-hydrogen) atoms. The van der Waals surface area contributed by atoms with Crippen molar-refractivity contribution in [1.82, 2.24) is 19.7 Å². The van der Waals surface area contributed by atoms with Crippen molar-refractivity contribution in [2.75, 3.05) is 18.4 Å². The molecule has 1 saturated carbocycles. The number of likely N-dealkylation sites (tertiary alicyclic amines) is 1. The number of aromatic amines is 1. The summed E-state index contributed by atoms with van der Waals surface area (Å²) in [6, 6.07) is 8.97. The lowest BCUT2D eigenvalue weighted by molar-refractivity contribution is -0.00330. The lowest BCUT2D eigenvalue weighted by Crippen LogP contribution is -2.55. The van der Waals surface area contributed by atoms with Gasteiger partial charge in [-0.25, -0.2) is 12.8 Å². The van der Waals surface area contributed by atoms with Crippen LogP contribution in [0.3, 0.4) is 0 Å². The van der Waals surface area contributed by atoms with Crippen molar-refractivity contribution in [2.24, 2.45) is 0 Å². The van der Waals surface area contributed by atoms with E-state index in [0.29, 0.717) is 37.1 Å². The Bertz CT molecular complexity index is 1500. The molecule has 2 aliphatic rings. The molecule has 3 heterocycles. The number of nitrogens with zero attached hydrogens (tertiary/aromatic N) is 4. The number of pyridine rings is 1. The first-order valence-corrected chi connectivity index (χ1v) is 13.4. The monoisotopic (exact) mass is 534 g/mol. The number of benzene rings is 1. The van der Waals surface area contributed by atoms with Crippen molar-refractivity contribution in [1.29, 1.82) is 5.26 Å². The van der Waals surface area contributed by atoms with Gasteiger partial charge in [-0.15, -0.1) is 0 Å². The van der Waals surface area contributed by atoms with Crippen LogP contribution in [0.1, 0.15) is 32.1 Å². The topological polar surface area (TPSA) is 124 Å². The largest absolute Gasteiger partial charge is 0.341 e. The molecule has 2 aromatic heterocycles. The van der Waals surface area contributed by atoms with Crippen LogP contribution in [-0.2, 0) is 15.4 Å². The van der Waals surface area contributed by atoms with Crippen LogP contribution in [0.15, 0.2) is 46.2 Å². The number of nitriles is 1. The zero-order chi connectivity index (χ0) is 26.4. The highest BCUT2D eigenvalue weighted by atomic mass is 32.2. The molecule has 1 aliphatic carbocycles. The fourth-order valence-corrected chi connectivity index (χ4v) is 6.08. The molecule has 196 valence electrons. The number of H-pyrrole nitrogens is 1. The lowest BCUT2D eigenvalue weighted by atomic mass is 9.76. The van der Waals surface area contributed by atoms with E-state index in [2.05, 4.69) is 21.3 Å². The van der Waals surface area contributed by atoms with Crippen LogP contribution in [0.2, 0.25) is 0 Å². The Kier molecular flexibility index (Phi) is 6.49. The predicted molar refractivity (Wildman–Crippen MR) is 130 cm³/mol. The molecule has 0 amide bonds. The van der Waals surface area contributed by atoms with Crippen LogP contribution >= 0.6 is 0 Å². The summed E-state index contributed by atoms with van der Waals surface area (Å²) in [5, 5.41) is 17.6. The normalized spacial score (nSPS) is 23.2. The van der Waals surface area contributed by atoms with Gasteiger partial charge in [0.25, 0.3) is 5.56 Å². The molecular weight excluding hydrogens is 509 g/mol. The standard InChI is InChI=1S/C24H25F3N6O3S/c25-15-13-32(14-15)17-5-8-24(9-6-17,10-11-28)33-19-7-12-29-22(34)20(19)21(31-33)30-16-1-3-18(4-2-16)37(35,36)23(26)27/h1-4,7,12,15,17,23H,5-6,8-10,13-14H2,(H,29,34)(H,30,31)/t17-,24+. The first kappa shape index (κ1) is 25.3. The molecule has 0 radical (unpaired) electrons. The fraction of sp³-hybridized carbons (Fsp3) is 0.458. The van der Waals surface area contributed by atoms with Crippen molar-refractivity contribution in [3.8, 4) is 6.07 Å². The molecule has 1 aromatic carbocycles. The van der Waals surface area contributed by atoms with E-state index in [4.69, 9.17) is 5.10 Å². The maximum Gasteiger partial charge on any atom is 0.341 e. The van der Waals surface area contributed by atoms with Crippen molar-refractivity contribution < 1.29 is 21.6 Å². The van der Waals surface area contributed by atoms with Crippen LogP contribution in [0.4, 0.5) is 24.7 Å². The van der Waals surface area contributed by atoms with E-state index in [1.807, 2.05) is 0 Å². The van der Waals surface area contributed by atoms with Crippen molar-refractivity contribution in [3.63, 3.8) is 0 Å². The molecule has 9 nitrogen and oxygen atoms in total. The highest BCUT2D eigenvalue weighted by Crippen LogP contribution is 2.42. The maximum atomic E-state index is 13.4. The summed E-state index contributed by atoms with van der Waals surface area (Å²) in [6.45, 7) is 0.864. The molecule has 3 aromatic rings. The van der Waals surface area contributed by atoms with Crippen LogP contribution in [0, 0.1) is 11.3 Å². The summed E-state index contributed by atoms with van der Waals surface area (Å²) in [5.41, 5.74) is -0.186. The lowest BCUT2D eigenvalue weighted by Gasteiger charge is -2.47. The molecule has 2 N–H and O–H groups in total. The average molecular weight is 535 g/mol. The van der Waals surface area contributed by atoms with E-state index in [9.17, 15) is 31.6 Å². The number of nitrogens with one attached hydrogen (secondary N) is 2. The summed E-state index contributed by atoms with van der Waals surface area (Å²) < 4.78 is 64.2. The predicted octanol–water partition coefficient (Wildman–Crippen LogP) is 3.67. The Labute approximate surface area is 210 Å². The Morgan fingerprint density at radius 3 is 2.46 bits per heavy atom. The summed E-state index contributed by atoms with van der Waals surface area (Å²) in [4.78, 5) is 17.0. The summed E-state index contributed by atoms with van der Waals surface area (Å²) in [5.74, 6) is -3.33. The number of hydrogen-bond acceptors (Lipinski definition) is 7. The number of fused-ring (bicyclic) bond motifs is 1. The van der Waals surface area contributed by atoms with Gasteiger partial charge in [-0.3, -0.25) is 14.4 Å². The van der Waals surface area contributed by atoms with E-state index in [-0.39, 0.29) is 23.7 Å². The van der Waals surface area contributed by atoms with Gasteiger partial charge in [0.15, 0.2) is 5.82 Å². The van der Waals surface area contributed by atoms with E-state index >= 15 is 0 Å². The Morgan fingerprint density at radius 2 is 1.86 bits per heavy atom. The third-order valence-corrected chi connectivity index (χ3v) is 8.81. The first-order valence-electron chi connectivity index (χ1n) is 11.9. The molecule has 0 bridgehead atoms. The van der Waals surface area contributed by atoms with Gasteiger partial charge in [0, 0.05) is 31.0 Å². The third-order valence-electron chi connectivity index (χ3n) is 7.41. The molecule has 0 atom stereocenters. The molecule has 1 saturated heterocycles. The smallest absolute Gasteiger partial charge is 0.338 e. The SMILES string of the molecule is N#CC[C@]1(n2nc(Nc3ccc(S(=O)(=O)C(F)F)cc3)c3c(=O)[nH]ccc32)CC[C@@H](N2CC(F)C2)CC1. The zero-order valence-corrected chi connectivity index (χ0v) is 20.5. The van der Waals surface area contributed by atoms with E-state index in [1.54, 1.807) is 10.7 Å². The van der Waals surface area contributed by atoms with Crippen molar-refractivity contribution >= 4 is 32.2 Å². The number of hydrogen-bond donors (Lipinski definition) is 2. The second kappa shape index (κ2) is 9.50. The first-order chi connectivity index (χ1) is 17.6. The van der Waals surface area contributed by atoms with Gasteiger partial charge >= 0.3 is 5.76 Å². The van der Waals surface area contributed by atoms with Crippen LogP contribution in [-0.4, -0.2) is 59.1 Å². The van der Waals surface area contributed by atoms with Crippen molar-refractivity contribution in [3.05, 3.63) is 46.9 Å². The summed E-state index contributed by atoms with van der Waals surface area (Å²) in [7, 11) is -4.74. The maximum absolute atomic E-state index is 13.4. The van der Waals surface area contributed by atoms with Crippen molar-refractivity contribution in [2.45, 2.75) is 60.5 Å². The van der Waals surface area contributed by atoms with Crippen LogP contribution in [0.5, 0.6) is 0 Å². The average Bonchev–Trinajstić information content (AvgIpc) is 3.23. The highest BCUT2D eigenvalue weighted by molar-refractivity contribution is 7.91. The molecule has 0 spiro atoms. The van der Waals surface area contributed by atoms with Crippen LogP contribution < -0.4 is 10.9 Å². The quantitative estimate of drug-likeness (QED) is 0.474. The van der Waals surface area contributed by atoms with Gasteiger partial charge in [0.05, 0.1) is 28.4 Å². The van der Waals surface area contributed by atoms with Gasteiger partial charge in [0.1, 0.15) is 11.6 Å². The number of anilines is 2. The molecule has 1 aliphatic heterocycles. The molecular formula is C24H25F3N6O3S. The van der Waals surface area contributed by atoms with E-state index in [0.717, 1.165) is 25.0 Å². The minimum absolute atomic E-state index is 0.175. The Morgan fingerprint density at radius 1 is 1.19 bits per heavy atom. The second-order valence-electron chi connectivity index (χ2n) is 9.62. The number of sulfone groups is 1. The minimum atomic E-state index is -4.74. The number of aromatic nitrogens is 3. The van der Waals surface area contributed by atoms with Gasteiger partial charge in [-0.1, -0.05) is 0 Å². The number of rotatable bonds is 7. The van der Waals surface area contributed by atoms with Gasteiger partial charge in [-0.05, 0) is 56.0 Å². The number of halogens is 3. The zero-order valence-electron chi connectivity index (χ0n) is 19.7. The second-order valence-corrected chi connectivity index (χ2v) is 11.5. The highest BCUT2D eigenvalue weighted by Gasteiger charge is 2.43. The van der Waals surface area contributed by atoms with Crippen LogP contribution in [0.25, 0.3) is 10.9 Å². The Balaban J connectivity index is 1.48. The molecule has 0 unspecified atom stereocenters. The van der Waals surface area contributed by atoms with Gasteiger partial charge < -0.3 is 10.3 Å². The van der Waals surface area contributed by atoms with Gasteiger partial charge in [0.2, 0.25) is 9.84 Å². The third kappa shape index (κ3) is 4.48. The van der Waals surface area contributed by atoms with E-state index in [1.165, 1.54) is 18.3 Å². The summed E-state index contributed by atoms with van der Waals surface area (Å²) in [6.07, 6.45) is 3.68. The molecule has 13 heteroatoms. The molecule has 2 fully saturated rings. The Hall–Kier alpha value is -3.37.